The first kappa shape index (κ1) is 12.3. The van der Waals surface area contributed by atoms with Gasteiger partial charge in [0, 0.05) is 6.04 Å². The van der Waals surface area contributed by atoms with Gasteiger partial charge in [-0.25, -0.2) is 13.1 Å². The lowest BCUT2D eigenvalue weighted by Gasteiger charge is -2.18. The van der Waals surface area contributed by atoms with E-state index in [4.69, 9.17) is 0 Å². The Labute approximate surface area is 108 Å². The second-order valence-electron chi connectivity index (χ2n) is 3.66. The Balaban J connectivity index is 2.11. The van der Waals surface area contributed by atoms with Crippen LogP contribution in [0.3, 0.4) is 0 Å². The molecule has 0 aliphatic heterocycles. The van der Waals surface area contributed by atoms with E-state index in [0.717, 1.165) is 23.0 Å². The van der Waals surface area contributed by atoms with Crippen molar-refractivity contribution in [3.05, 3.63) is 28.1 Å². The molecular formula is C10H12BrNO2S2. The monoisotopic (exact) mass is 321 g/mol. The Morgan fingerprint density at radius 3 is 2.75 bits per heavy atom. The summed E-state index contributed by atoms with van der Waals surface area (Å²) >= 11 is 4.50. The summed E-state index contributed by atoms with van der Waals surface area (Å²) in [4.78, 5) is 0. The van der Waals surface area contributed by atoms with Gasteiger partial charge in [0.05, 0.1) is 3.79 Å². The van der Waals surface area contributed by atoms with Crippen LogP contribution in [0.4, 0.5) is 0 Å². The number of thiophene rings is 1. The quantitative estimate of drug-likeness (QED) is 0.870. The van der Waals surface area contributed by atoms with E-state index in [9.17, 15) is 8.42 Å². The summed E-state index contributed by atoms with van der Waals surface area (Å²) in [6.45, 7) is 0. The molecule has 1 aliphatic rings. The largest absolute Gasteiger partial charge is 0.250 e. The number of allylic oxidation sites excluding steroid dienone is 1. The Morgan fingerprint density at radius 2 is 2.19 bits per heavy atom. The van der Waals surface area contributed by atoms with Gasteiger partial charge in [-0.15, -0.1) is 11.3 Å². The van der Waals surface area contributed by atoms with Crippen molar-refractivity contribution in [2.75, 3.05) is 0 Å². The molecule has 1 aromatic heterocycles. The minimum Gasteiger partial charge on any atom is -0.207 e. The molecule has 1 atom stereocenters. The number of halogens is 1. The molecule has 2 rings (SSSR count). The normalized spacial score (nSPS) is 21.2. The van der Waals surface area contributed by atoms with Crippen LogP contribution in [0.1, 0.15) is 19.3 Å². The number of rotatable bonds is 3. The van der Waals surface area contributed by atoms with Crippen LogP contribution < -0.4 is 4.72 Å². The molecular weight excluding hydrogens is 310 g/mol. The first-order chi connectivity index (χ1) is 7.58. The number of hydrogen-bond donors (Lipinski definition) is 1. The van der Waals surface area contributed by atoms with Crippen LogP contribution in [-0.4, -0.2) is 14.5 Å². The molecule has 1 N–H and O–H groups in total. The highest BCUT2D eigenvalue weighted by Gasteiger charge is 2.21. The fourth-order valence-corrected chi connectivity index (χ4v) is 4.93. The maximum absolute atomic E-state index is 12.0. The lowest BCUT2D eigenvalue weighted by molar-refractivity contribution is 0.523. The van der Waals surface area contributed by atoms with Crippen molar-refractivity contribution in [1.29, 1.82) is 0 Å². The third-order valence-electron chi connectivity index (χ3n) is 2.40. The highest BCUT2D eigenvalue weighted by atomic mass is 79.9. The molecule has 0 bridgehead atoms. The van der Waals surface area contributed by atoms with Gasteiger partial charge in [-0.1, -0.05) is 12.2 Å². The minimum absolute atomic E-state index is 0.0378. The van der Waals surface area contributed by atoms with Crippen molar-refractivity contribution in [2.24, 2.45) is 0 Å². The third-order valence-corrected chi connectivity index (χ3v) is 6.04. The molecule has 3 nitrogen and oxygen atoms in total. The zero-order valence-electron chi connectivity index (χ0n) is 8.52. The van der Waals surface area contributed by atoms with Gasteiger partial charge in [-0.3, -0.25) is 0 Å². The molecule has 1 unspecified atom stereocenters. The molecule has 0 fully saturated rings. The highest BCUT2D eigenvalue weighted by molar-refractivity contribution is 9.11. The van der Waals surface area contributed by atoms with E-state index in [1.807, 2.05) is 6.08 Å². The van der Waals surface area contributed by atoms with E-state index in [-0.39, 0.29) is 6.04 Å². The van der Waals surface area contributed by atoms with Crippen molar-refractivity contribution in [2.45, 2.75) is 29.5 Å². The van der Waals surface area contributed by atoms with Crippen LogP contribution in [0.5, 0.6) is 0 Å². The maximum atomic E-state index is 12.0. The molecule has 1 aromatic rings. The molecule has 0 aromatic carbocycles. The molecule has 0 saturated carbocycles. The average Bonchev–Trinajstić information content (AvgIpc) is 2.66. The van der Waals surface area contributed by atoms with Gasteiger partial charge in [0.15, 0.2) is 0 Å². The van der Waals surface area contributed by atoms with Crippen LogP contribution in [0, 0.1) is 0 Å². The van der Waals surface area contributed by atoms with Gasteiger partial charge in [0.25, 0.3) is 0 Å². The van der Waals surface area contributed by atoms with Crippen LogP contribution >= 0.6 is 27.3 Å². The van der Waals surface area contributed by atoms with Gasteiger partial charge in [-0.05, 0) is 47.3 Å². The van der Waals surface area contributed by atoms with Gasteiger partial charge in [0.2, 0.25) is 10.0 Å². The second kappa shape index (κ2) is 5.00. The Morgan fingerprint density at radius 1 is 1.38 bits per heavy atom. The molecule has 1 aliphatic carbocycles. The van der Waals surface area contributed by atoms with Gasteiger partial charge in [0.1, 0.15) is 4.21 Å². The number of sulfonamides is 1. The number of hydrogen-bond acceptors (Lipinski definition) is 3. The number of nitrogens with one attached hydrogen (secondary N) is 1. The molecule has 6 heteroatoms. The van der Waals surface area contributed by atoms with Gasteiger partial charge < -0.3 is 0 Å². The highest BCUT2D eigenvalue weighted by Crippen LogP contribution is 2.26. The fraction of sp³-hybridized carbons (Fsp3) is 0.400. The first-order valence-electron chi connectivity index (χ1n) is 5.00. The molecule has 0 amide bonds. The lowest BCUT2D eigenvalue weighted by Crippen LogP contribution is -2.34. The summed E-state index contributed by atoms with van der Waals surface area (Å²) in [6.07, 6.45) is 6.73. The van der Waals surface area contributed by atoms with Crippen molar-refractivity contribution in [1.82, 2.24) is 4.72 Å². The van der Waals surface area contributed by atoms with Crippen molar-refractivity contribution in [3.8, 4) is 0 Å². The molecule has 0 saturated heterocycles. The smallest absolute Gasteiger partial charge is 0.207 e. The summed E-state index contributed by atoms with van der Waals surface area (Å²) in [5, 5.41) is 0. The van der Waals surface area contributed by atoms with E-state index in [1.165, 1.54) is 11.3 Å². The average molecular weight is 322 g/mol. The van der Waals surface area contributed by atoms with E-state index in [1.54, 1.807) is 12.1 Å². The summed E-state index contributed by atoms with van der Waals surface area (Å²) < 4.78 is 27.9. The minimum atomic E-state index is -3.33. The van der Waals surface area contributed by atoms with Crippen molar-refractivity contribution in [3.63, 3.8) is 0 Å². The van der Waals surface area contributed by atoms with Crippen LogP contribution in [-0.2, 0) is 10.0 Å². The standard InChI is InChI=1S/C10H12BrNO2S2/c11-9-6-7-10(15-9)16(13,14)12-8-4-2-1-3-5-8/h1-2,6-8,12H,3-5H2. The zero-order valence-corrected chi connectivity index (χ0v) is 11.7. The molecule has 88 valence electrons. The van der Waals surface area contributed by atoms with E-state index >= 15 is 0 Å². The topological polar surface area (TPSA) is 46.2 Å². The zero-order chi connectivity index (χ0) is 11.6. The predicted octanol–water partition coefficient (Wildman–Crippen LogP) is 2.90. The summed E-state index contributed by atoms with van der Waals surface area (Å²) in [5.41, 5.74) is 0. The maximum Gasteiger partial charge on any atom is 0.250 e. The SMILES string of the molecule is O=S(=O)(NC1CC=CCC1)c1ccc(Br)s1. The summed E-state index contributed by atoms with van der Waals surface area (Å²) in [6, 6.07) is 3.41. The van der Waals surface area contributed by atoms with Crippen molar-refractivity contribution < 1.29 is 8.42 Å². The molecule has 1 heterocycles. The molecule has 16 heavy (non-hydrogen) atoms. The summed E-state index contributed by atoms with van der Waals surface area (Å²) in [5.74, 6) is 0. The van der Waals surface area contributed by atoms with E-state index in [2.05, 4.69) is 26.7 Å². The Kier molecular flexibility index (Phi) is 3.84. The second-order valence-corrected chi connectivity index (χ2v) is 8.07. The van der Waals surface area contributed by atoms with Crippen molar-refractivity contribution >= 4 is 37.3 Å². The van der Waals surface area contributed by atoms with Crippen LogP contribution in [0.25, 0.3) is 0 Å². The fourth-order valence-electron chi connectivity index (χ4n) is 1.62. The van der Waals surface area contributed by atoms with Gasteiger partial charge in [-0.2, -0.15) is 0 Å². The Hall–Kier alpha value is -0.170. The summed E-state index contributed by atoms with van der Waals surface area (Å²) in [7, 11) is -3.33. The first-order valence-corrected chi connectivity index (χ1v) is 8.10. The van der Waals surface area contributed by atoms with E-state index < -0.39 is 10.0 Å². The predicted molar refractivity (Wildman–Crippen MR) is 69.1 cm³/mol. The lowest BCUT2D eigenvalue weighted by atomic mass is 10.0. The van der Waals surface area contributed by atoms with Gasteiger partial charge >= 0.3 is 0 Å². The van der Waals surface area contributed by atoms with E-state index in [0.29, 0.717) is 4.21 Å². The molecule has 0 radical (unpaired) electrons. The molecule has 0 spiro atoms. The van der Waals surface area contributed by atoms with Crippen LogP contribution in [0.15, 0.2) is 32.3 Å². The van der Waals surface area contributed by atoms with Crippen LogP contribution in [0.2, 0.25) is 0 Å². The Bertz CT molecular complexity index is 493. The third kappa shape index (κ3) is 2.94.